The summed E-state index contributed by atoms with van der Waals surface area (Å²) in [5, 5.41) is 0. The summed E-state index contributed by atoms with van der Waals surface area (Å²) in [7, 11) is 0. The first kappa shape index (κ1) is 10.2. The normalized spacial score (nSPS) is 24.4. The molecule has 0 aromatic heterocycles. The highest BCUT2D eigenvalue weighted by Gasteiger charge is 2.31. The van der Waals surface area contributed by atoms with Gasteiger partial charge >= 0.3 is 0 Å². The predicted octanol–water partition coefficient (Wildman–Crippen LogP) is 2.16. The van der Waals surface area contributed by atoms with Crippen molar-refractivity contribution in [2.24, 2.45) is 11.3 Å². The molecule has 2 heteroatoms. The van der Waals surface area contributed by atoms with Crippen LogP contribution in [0.2, 0.25) is 0 Å². The van der Waals surface area contributed by atoms with Gasteiger partial charge in [-0.3, -0.25) is 4.79 Å². The van der Waals surface area contributed by atoms with Gasteiger partial charge in [-0.05, 0) is 24.2 Å². The van der Waals surface area contributed by atoms with E-state index in [9.17, 15) is 9.59 Å². The molecule has 0 bridgehead atoms. The highest BCUT2D eigenvalue weighted by atomic mass is 16.1. The summed E-state index contributed by atoms with van der Waals surface area (Å²) >= 11 is 0. The Labute approximate surface area is 79.0 Å². The second-order valence-electron chi connectivity index (χ2n) is 4.81. The SMILES string of the molecule is CC(C)(C)C1CCC(=O)C(=C=O)C1. The van der Waals surface area contributed by atoms with Gasteiger partial charge < -0.3 is 0 Å². The zero-order valence-electron chi connectivity index (χ0n) is 8.52. The average Bonchev–Trinajstić information content (AvgIpc) is 2.03. The molecule has 72 valence electrons. The molecule has 2 nitrogen and oxygen atoms in total. The molecular weight excluding hydrogens is 164 g/mol. The van der Waals surface area contributed by atoms with E-state index >= 15 is 0 Å². The lowest BCUT2D eigenvalue weighted by atomic mass is 9.71. The largest absolute Gasteiger partial charge is 0.294 e. The van der Waals surface area contributed by atoms with Crippen LogP contribution in [0.5, 0.6) is 0 Å². The molecule has 1 unspecified atom stereocenters. The van der Waals surface area contributed by atoms with Gasteiger partial charge in [-0.2, -0.15) is 0 Å². The van der Waals surface area contributed by atoms with Crippen LogP contribution >= 0.6 is 0 Å². The molecule has 0 amide bonds. The van der Waals surface area contributed by atoms with Crippen molar-refractivity contribution < 1.29 is 9.59 Å². The smallest absolute Gasteiger partial charge is 0.169 e. The molecule has 0 aromatic carbocycles. The number of hydrogen-bond donors (Lipinski definition) is 0. The zero-order valence-corrected chi connectivity index (χ0v) is 8.52. The third kappa shape index (κ3) is 2.28. The molecule has 0 spiro atoms. The minimum absolute atomic E-state index is 0.00417. The Morgan fingerprint density at radius 2 is 2.00 bits per heavy atom. The Kier molecular flexibility index (Phi) is 2.72. The molecule has 0 heterocycles. The molecule has 1 fully saturated rings. The van der Waals surface area contributed by atoms with E-state index < -0.39 is 0 Å². The Morgan fingerprint density at radius 3 is 2.46 bits per heavy atom. The second-order valence-corrected chi connectivity index (χ2v) is 4.81. The number of carbonyl (C=O) groups excluding carboxylic acids is 2. The van der Waals surface area contributed by atoms with Gasteiger partial charge in [0.2, 0.25) is 0 Å². The molecule has 0 aliphatic heterocycles. The fraction of sp³-hybridized carbons (Fsp3) is 0.727. The quantitative estimate of drug-likeness (QED) is 0.423. The lowest BCUT2D eigenvalue weighted by molar-refractivity contribution is -0.117. The number of carbonyl (C=O) groups is 1. The highest BCUT2D eigenvalue weighted by Crippen LogP contribution is 2.37. The Balaban J connectivity index is 2.77. The summed E-state index contributed by atoms with van der Waals surface area (Å²) in [5.41, 5.74) is 0.550. The minimum atomic E-state index is -0.00417. The van der Waals surface area contributed by atoms with Crippen LogP contribution in [-0.4, -0.2) is 11.7 Å². The third-order valence-corrected chi connectivity index (χ3v) is 2.85. The van der Waals surface area contributed by atoms with Gasteiger partial charge in [0, 0.05) is 6.42 Å². The standard InChI is InChI=1S/C11H16O2/c1-11(2,3)9-4-5-10(13)8(6-9)7-12/h9H,4-6H2,1-3H3. The molecule has 0 N–H and O–H groups in total. The predicted molar refractivity (Wildman–Crippen MR) is 51.0 cm³/mol. The van der Waals surface area contributed by atoms with Crippen molar-refractivity contribution >= 4 is 11.7 Å². The minimum Gasteiger partial charge on any atom is -0.294 e. The summed E-state index contributed by atoms with van der Waals surface area (Å²) in [6.45, 7) is 6.45. The number of Topliss-reactive ketones (excluding diaryl/α,β-unsaturated/α-hetero) is 1. The first-order valence-electron chi connectivity index (χ1n) is 4.72. The Hall–Kier alpha value is -0.880. The fourth-order valence-electron chi connectivity index (χ4n) is 1.76. The molecule has 1 atom stereocenters. The van der Waals surface area contributed by atoms with E-state index in [1.54, 1.807) is 5.94 Å². The zero-order chi connectivity index (χ0) is 10.1. The molecule has 13 heavy (non-hydrogen) atoms. The average molecular weight is 180 g/mol. The van der Waals surface area contributed by atoms with Crippen molar-refractivity contribution in [3.8, 4) is 0 Å². The lowest BCUT2D eigenvalue weighted by Gasteiger charge is -2.33. The third-order valence-electron chi connectivity index (χ3n) is 2.85. The molecule has 0 aromatic rings. The van der Waals surface area contributed by atoms with Gasteiger partial charge in [0.25, 0.3) is 0 Å². The van der Waals surface area contributed by atoms with Crippen LogP contribution in [0.4, 0.5) is 0 Å². The van der Waals surface area contributed by atoms with E-state index in [2.05, 4.69) is 20.8 Å². The molecule has 0 radical (unpaired) electrons. The van der Waals surface area contributed by atoms with E-state index in [1.165, 1.54) is 0 Å². The second kappa shape index (κ2) is 3.47. The van der Waals surface area contributed by atoms with Crippen molar-refractivity contribution in [1.82, 2.24) is 0 Å². The lowest BCUT2D eigenvalue weighted by Crippen LogP contribution is -2.27. The van der Waals surface area contributed by atoms with E-state index in [1.807, 2.05) is 0 Å². The van der Waals surface area contributed by atoms with E-state index in [-0.39, 0.29) is 11.2 Å². The summed E-state index contributed by atoms with van der Waals surface area (Å²) < 4.78 is 0. The van der Waals surface area contributed by atoms with Crippen LogP contribution in [0.1, 0.15) is 40.0 Å². The van der Waals surface area contributed by atoms with Crippen LogP contribution in [-0.2, 0) is 9.59 Å². The number of rotatable bonds is 0. The maximum absolute atomic E-state index is 11.2. The molecule has 0 saturated heterocycles. The van der Waals surface area contributed by atoms with Crippen molar-refractivity contribution in [2.75, 3.05) is 0 Å². The monoisotopic (exact) mass is 180 g/mol. The van der Waals surface area contributed by atoms with Crippen LogP contribution in [0.25, 0.3) is 0 Å². The van der Waals surface area contributed by atoms with Crippen molar-refractivity contribution in [3.63, 3.8) is 0 Å². The summed E-state index contributed by atoms with van der Waals surface area (Å²) in [6, 6.07) is 0. The molecule has 1 saturated carbocycles. The maximum Gasteiger partial charge on any atom is 0.169 e. The number of allylic oxidation sites excluding steroid dienone is 1. The maximum atomic E-state index is 11.2. The molecule has 1 aliphatic carbocycles. The van der Waals surface area contributed by atoms with Crippen molar-refractivity contribution in [2.45, 2.75) is 40.0 Å². The van der Waals surface area contributed by atoms with Gasteiger partial charge in [0.15, 0.2) is 5.78 Å². The van der Waals surface area contributed by atoms with E-state index in [4.69, 9.17) is 0 Å². The van der Waals surface area contributed by atoms with Gasteiger partial charge in [-0.1, -0.05) is 20.8 Å². The highest BCUT2D eigenvalue weighted by molar-refractivity contribution is 6.02. The fourth-order valence-corrected chi connectivity index (χ4v) is 1.76. The van der Waals surface area contributed by atoms with Crippen molar-refractivity contribution in [1.29, 1.82) is 0 Å². The number of ketones is 1. The first-order chi connectivity index (χ1) is 5.95. The molecular formula is C11H16O2. The van der Waals surface area contributed by atoms with Crippen LogP contribution in [0, 0.1) is 11.3 Å². The summed E-state index contributed by atoms with van der Waals surface area (Å²) in [4.78, 5) is 21.7. The Morgan fingerprint density at radius 1 is 1.38 bits per heavy atom. The van der Waals surface area contributed by atoms with E-state index in [0.29, 0.717) is 24.3 Å². The molecule has 1 rings (SSSR count). The number of hydrogen-bond acceptors (Lipinski definition) is 2. The summed E-state index contributed by atoms with van der Waals surface area (Å²) in [5.74, 6) is 2.21. The van der Waals surface area contributed by atoms with Crippen LogP contribution in [0.15, 0.2) is 5.57 Å². The van der Waals surface area contributed by atoms with Crippen LogP contribution < -0.4 is 0 Å². The van der Waals surface area contributed by atoms with Crippen LogP contribution in [0.3, 0.4) is 0 Å². The van der Waals surface area contributed by atoms with Gasteiger partial charge in [0.05, 0.1) is 5.57 Å². The topological polar surface area (TPSA) is 34.1 Å². The van der Waals surface area contributed by atoms with Gasteiger partial charge in [0.1, 0.15) is 5.94 Å². The molecule has 1 aliphatic rings. The van der Waals surface area contributed by atoms with E-state index in [0.717, 1.165) is 6.42 Å². The van der Waals surface area contributed by atoms with Crippen molar-refractivity contribution in [3.05, 3.63) is 5.57 Å². The van der Waals surface area contributed by atoms with Gasteiger partial charge in [-0.15, -0.1) is 0 Å². The summed E-state index contributed by atoms with van der Waals surface area (Å²) in [6.07, 6.45) is 2.05. The first-order valence-corrected chi connectivity index (χ1v) is 4.72. The van der Waals surface area contributed by atoms with Gasteiger partial charge in [-0.25, -0.2) is 4.79 Å². The Bertz CT molecular complexity index is 264.